The quantitative estimate of drug-likeness (QED) is 0.800. The van der Waals surface area contributed by atoms with Gasteiger partial charge < -0.3 is 10.1 Å². The minimum atomic E-state index is -0.961. The van der Waals surface area contributed by atoms with Crippen molar-refractivity contribution in [3.05, 3.63) is 28.2 Å². The highest BCUT2D eigenvalue weighted by Crippen LogP contribution is 2.43. The molecule has 0 saturated carbocycles. The highest BCUT2D eigenvalue weighted by atomic mass is 79.9. The van der Waals surface area contributed by atoms with Gasteiger partial charge in [0.1, 0.15) is 0 Å². The molecule has 2 heterocycles. The molecule has 2 aliphatic heterocycles. The van der Waals surface area contributed by atoms with Crippen LogP contribution in [0.4, 0.5) is 5.69 Å². The first-order valence-electron chi connectivity index (χ1n) is 5.05. The van der Waals surface area contributed by atoms with Gasteiger partial charge in [0, 0.05) is 15.7 Å². The molecule has 1 aromatic carbocycles. The maximum atomic E-state index is 12.1. The van der Waals surface area contributed by atoms with Crippen LogP contribution < -0.4 is 5.32 Å². The van der Waals surface area contributed by atoms with Crippen molar-refractivity contribution in [1.82, 2.24) is 0 Å². The SMILES string of the molecule is CSC1=NCC2(O1)C(=O)Nc1ccc(Br)cc12. The predicted molar refractivity (Wildman–Crippen MR) is 71.4 cm³/mol. The molecule has 4 nitrogen and oxygen atoms in total. The molecule has 3 rings (SSSR count). The smallest absolute Gasteiger partial charge is 0.275 e. The number of fused-ring (bicyclic) bond motifs is 2. The van der Waals surface area contributed by atoms with Gasteiger partial charge in [-0.2, -0.15) is 0 Å². The molecular weight excluding hydrogens is 304 g/mol. The lowest BCUT2D eigenvalue weighted by Crippen LogP contribution is -2.37. The maximum absolute atomic E-state index is 12.1. The van der Waals surface area contributed by atoms with E-state index in [0.717, 1.165) is 15.7 Å². The summed E-state index contributed by atoms with van der Waals surface area (Å²) in [6.45, 7) is 0.346. The molecule has 88 valence electrons. The highest BCUT2D eigenvalue weighted by molar-refractivity contribution is 9.10. The van der Waals surface area contributed by atoms with Crippen LogP contribution in [0.2, 0.25) is 0 Å². The number of aliphatic imine (C=N–C) groups is 1. The Labute approximate surface area is 111 Å². The molecule has 1 N–H and O–H groups in total. The third kappa shape index (κ3) is 1.51. The summed E-state index contributed by atoms with van der Waals surface area (Å²) < 4.78 is 6.66. The minimum Gasteiger partial charge on any atom is -0.449 e. The number of carbonyl (C=O) groups excluding carboxylic acids is 1. The summed E-state index contributed by atoms with van der Waals surface area (Å²) in [5.41, 5.74) is 0.692. The van der Waals surface area contributed by atoms with E-state index in [1.165, 1.54) is 11.8 Å². The summed E-state index contributed by atoms with van der Waals surface area (Å²) in [4.78, 5) is 16.3. The molecule has 1 aromatic rings. The van der Waals surface area contributed by atoms with Gasteiger partial charge in [0.25, 0.3) is 5.91 Å². The molecule has 2 aliphatic rings. The van der Waals surface area contributed by atoms with Gasteiger partial charge in [-0.15, -0.1) is 0 Å². The lowest BCUT2D eigenvalue weighted by molar-refractivity contribution is -0.129. The molecule has 0 radical (unpaired) electrons. The number of amides is 1. The third-order valence-electron chi connectivity index (χ3n) is 2.90. The number of nitrogens with one attached hydrogen (secondary N) is 1. The molecule has 0 aromatic heterocycles. The molecule has 1 unspecified atom stereocenters. The predicted octanol–water partition coefficient (Wildman–Crippen LogP) is 2.35. The Morgan fingerprint density at radius 2 is 2.41 bits per heavy atom. The fraction of sp³-hybridized carbons (Fsp3) is 0.273. The summed E-state index contributed by atoms with van der Waals surface area (Å²) in [6, 6.07) is 5.67. The van der Waals surface area contributed by atoms with Crippen LogP contribution in [0.1, 0.15) is 5.56 Å². The van der Waals surface area contributed by atoms with Crippen molar-refractivity contribution in [2.75, 3.05) is 18.1 Å². The largest absolute Gasteiger partial charge is 0.449 e. The van der Waals surface area contributed by atoms with Crippen molar-refractivity contribution in [2.45, 2.75) is 5.60 Å². The number of thioether (sulfide) groups is 1. The standard InChI is InChI=1S/C11H9BrN2O2S/c1-17-10-13-5-11(16-10)7-4-6(12)2-3-8(7)14-9(11)15/h2-4H,5H2,1H3,(H,14,15). The van der Waals surface area contributed by atoms with Crippen molar-refractivity contribution in [3.63, 3.8) is 0 Å². The van der Waals surface area contributed by atoms with E-state index >= 15 is 0 Å². The Kier molecular flexibility index (Phi) is 2.45. The Hall–Kier alpha value is -1.01. The van der Waals surface area contributed by atoms with Crippen molar-refractivity contribution >= 4 is 44.5 Å². The normalized spacial score (nSPS) is 25.5. The maximum Gasteiger partial charge on any atom is 0.275 e. The van der Waals surface area contributed by atoms with E-state index < -0.39 is 5.60 Å². The number of hydrogen-bond acceptors (Lipinski definition) is 4. The van der Waals surface area contributed by atoms with Crippen LogP contribution in [0.15, 0.2) is 27.7 Å². The van der Waals surface area contributed by atoms with Crippen molar-refractivity contribution in [2.24, 2.45) is 4.99 Å². The van der Waals surface area contributed by atoms with Crippen LogP contribution in [-0.4, -0.2) is 23.9 Å². The topological polar surface area (TPSA) is 50.7 Å². The van der Waals surface area contributed by atoms with Gasteiger partial charge in [0.05, 0.1) is 6.54 Å². The minimum absolute atomic E-state index is 0.140. The van der Waals surface area contributed by atoms with Crippen LogP contribution >= 0.6 is 27.7 Å². The van der Waals surface area contributed by atoms with E-state index in [4.69, 9.17) is 4.74 Å². The average Bonchev–Trinajstić information content (AvgIpc) is 2.86. The Bertz CT molecular complexity index is 546. The number of benzene rings is 1. The van der Waals surface area contributed by atoms with E-state index in [1.807, 2.05) is 24.5 Å². The van der Waals surface area contributed by atoms with E-state index in [0.29, 0.717) is 11.8 Å². The number of carbonyl (C=O) groups is 1. The Morgan fingerprint density at radius 1 is 1.59 bits per heavy atom. The molecule has 6 heteroatoms. The van der Waals surface area contributed by atoms with Gasteiger partial charge in [0.2, 0.25) is 10.8 Å². The number of halogens is 1. The Balaban J connectivity index is 2.09. The zero-order chi connectivity index (χ0) is 12.0. The fourth-order valence-electron chi connectivity index (χ4n) is 2.06. The van der Waals surface area contributed by atoms with E-state index in [9.17, 15) is 4.79 Å². The van der Waals surface area contributed by atoms with Crippen molar-refractivity contribution < 1.29 is 9.53 Å². The summed E-state index contributed by atoms with van der Waals surface area (Å²) in [7, 11) is 0. The van der Waals surface area contributed by atoms with Gasteiger partial charge in [-0.25, -0.2) is 4.99 Å². The van der Waals surface area contributed by atoms with Gasteiger partial charge in [0.15, 0.2) is 0 Å². The second kappa shape index (κ2) is 3.74. The summed E-state index contributed by atoms with van der Waals surface area (Å²) >= 11 is 4.82. The third-order valence-corrected chi connectivity index (χ3v) is 3.95. The molecular formula is C11H9BrN2O2S. The summed E-state index contributed by atoms with van der Waals surface area (Å²) in [5, 5.41) is 3.40. The average molecular weight is 313 g/mol. The molecule has 0 bridgehead atoms. The fourth-order valence-corrected chi connectivity index (χ4v) is 2.84. The molecule has 0 saturated heterocycles. The molecule has 1 amide bonds. The van der Waals surface area contributed by atoms with Crippen LogP contribution in [0.5, 0.6) is 0 Å². The summed E-state index contributed by atoms with van der Waals surface area (Å²) in [5.74, 6) is -0.140. The second-order valence-corrected chi connectivity index (χ2v) is 5.53. The first-order chi connectivity index (χ1) is 8.15. The van der Waals surface area contributed by atoms with Crippen LogP contribution in [0.25, 0.3) is 0 Å². The number of nitrogens with zero attached hydrogens (tertiary/aromatic N) is 1. The van der Waals surface area contributed by atoms with Gasteiger partial charge in [-0.05, 0) is 24.5 Å². The van der Waals surface area contributed by atoms with E-state index in [-0.39, 0.29) is 5.91 Å². The number of ether oxygens (including phenoxy) is 1. The molecule has 17 heavy (non-hydrogen) atoms. The molecule has 0 fully saturated rings. The lowest BCUT2D eigenvalue weighted by atomic mass is 9.96. The first kappa shape index (κ1) is 11.1. The number of hydrogen-bond donors (Lipinski definition) is 1. The van der Waals surface area contributed by atoms with Gasteiger partial charge >= 0.3 is 0 Å². The molecule has 0 aliphatic carbocycles. The van der Waals surface area contributed by atoms with Crippen LogP contribution in [0, 0.1) is 0 Å². The van der Waals surface area contributed by atoms with E-state index in [2.05, 4.69) is 26.2 Å². The highest BCUT2D eigenvalue weighted by Gasteiger charge is 2.52. The van der Waals surface area contributed by atoms with E-state index in [1.54, 1.807) is 0 Å². The number of anilines is 1. The zero-order valence-electron chi connectivity index (χ0n) is 8.99. The monoisotopic (exact) mass is 312 g/mol. The lowest BCUT2D eigenvalue weighted by Gasteiger charge is -2.20. The van der Waals surface area contributed by atoms with Crippen LogP contribution in [-0.2, 0) is 15.1 Å². The van der Waals surface area contributed by atoms with Gasteiger partial charge in [-0.1, -0.05) is 27.7 Å². The Morgan fingerprint density at radius 3 is 3.12 bits per heavy atom. The van der Waals surface area contributed by atoms with Crippen LogP contribution in [0.3, 0.4) is 0 Å². The van der Waals surface area contributed by atoms with Crippen molar-refractivity contribution in [1.29, 1.82) is 0 Å². The summed E-state index contributed by atoms with van der Waals surface area (Å²) in [6.07, 6.45) is 1.88. The number of rotatable bonds is 0. The van der Waals surface area contributed by atoms with Crippen molar-refractivity contribution in [3.8, 4) is 0 Å². The van der Waals surface area contributed by atoms with Gasteiger partial charge in [-0.3, -0.25) is 4.79 Å². The second-order valence-electron chi connectivity index (χ2n) is 3.86. The first-order valence-corrected chi connectivity index (χ1v) is 7.06. The molecule has 1 spiro atoms. The molecule has 1 atom stereocenters. The zero-order valence-corrected chi connectivity index (χ0v) is 11.4.